The molecule has 0 spiro atoms. The lowest BCUT2D eigenvalue weighted by Crippen LogP contribution is -2.36. The molecule has 0 unspecified atom stereocenters. The molecule has 0 saturated carbocycles. The van der Waals surface area contributed by atoms with Gasteiger partial charge >= 0.3 is 0 Å². The molecule has 9 heteroatoms. The van der Waals surface area contributed by atoms with Gasteiger partial charge in [0.25, 0.3) is 5.91 Å². The fourth-order valence-electron chi connectivity index (χ4n) is 3.66. The maximum atomic E-state index is 13.4. The monoisotopic (exact) mass is 425 g/mol. The third-order valence-corrected chi connectivity index (χ3v) is 6.27. The van der Waals surface area contributed by atoms with Crippen LogP contribution in [-0.2, 0) is 0 Å². The number of carbonyl (C=O) groups excluding carboxylic acids is 1. The highest BCUT2D eigenvalue weighted by Crippen LogP contribution is 2.41. The predicted octanol–water partition coefficient (Wildman–Crippen LogP) is 4.80. The van der Waals surface area contributed by atoms with Crippen molar-refractivity contribution in [1.82, 2.24) is 15.3 Å². The number of hydrogen-bond donors (Lipinski definition) is 3. The van der Waals surface area contributed by atoms with Crippen LogP contribution in [0.2, 0.25) is 0 Å². The van der Waals surface area contributed by atoms with Crippen LogP contribution >= 0.6 is 11.3 Å². The number of fused-ring (bicyclic) bond motifs is 5. The third-order valence-electron chi connectivity index (χ3n) is 5.12. The van der Waals surface area contributed by atoms with E-state index in [1.807, 2.05) is 25.1 Å². The van der Waals surface area contributed by atoms with Crippen molar-refractivity contribution in [3.63, 3.8) is 0 Å². The average Bonchev–Trinajstić information content (AvgIpc) is 3.01. The minimum atomic E-state index is -0.907. The van der Waals surface area contributed by atoms with Gasteiger partial charge in [0.05, 0.1) is 11.2 Å². The van der Waals surface area contributed by atoms with Gasteiger partial charge in [-0.2, -0.15) is 13.8 Å². The Hall–Kier alpha value is -3.33. The summed E-state index contributed by atoms with van der Waals surface area (Å²) in [5.74, 6) is -1.43. The molecule has 30 heavy (non-hydrogen) atoms. The average molecular weight is 425 g/mol. The van der Waals surface area contributed by atoms with Crippen molar-refractivity contribution in [3.8, 4) is 0 Å². The fourth-order valence-corrected chi connectivity index (χ4v) is 4.76. The first-order valence-corrected chi connectivity index (χ1v) is 10.3. The van der Waals surface area contributed by atoms with E-state index in [1.165, 1.54) is 11.3 Å². The molecule has 1 atom stereocenters. The Kier molecular flexibility index (Phi) is 4.47. The Bertz CT molecular complexity index is 1290. The first-order valence-electron chi connectivity index (χ1n) is 9.53. The van der Waals surface area contributed by atoms with Crippen molar-refractivity contribution in [2.45, 2.75) is 19.4 Å². The van der Waals surface area contributed by atoms with Crippen molar-refractivity contribution >= 4 is 55.4 Å². The summed E-state index contributed by atoms with van der Waals surface area (Å²) in [5, 5.41) is 11.3. The summed E-state index contributed by atoms with van der Waals surface area (Å²) in [6.07, 6.45) is 0.846. The smallest absolute Gasteiger partial charge is 0.263 e. The predicted molar refractivity (Wildman–Crippen MR) is 115 cm³/mol. The van der Waals surface area contributed by atoms with E-state index in [0.29, 0.717) is 22.8 Å². The molecule has 6 nitrogen and oxygen atoms in total. The standard InChI is InChI=1S/C21H17F2N5OS/c1-2-10-9-24-19-18-12-3-6-17(25-11-7-15(22)28-16(23)8-11)27-13(12)4-5-14(18)30-20(19)21(29)26-10/h3-8,10,24H,2,9H2,1H3,(H,26,29)(H,25,27,28)/t10-/m1/s1. The normalized spacial score (nSPS) is 16.1. The number of nitrogens with one attached hydrogen (secondary N) is 3. The number of anilines is 3. The first kappa shape index (κ1) is 18.7. The Balaban J connectivity index is 1.58. The van der Waals surface area contributed by atoms with Crippen LogP contribution in [0.1, 0.15) is 23.0 Å². The molecular weight excluding hydrogens is 408 g/mol. The van der Waals surface area contributed by atoms with Gasteiger partial charge in [0.1, 0.15) is 10.7 Å². The van der Waals surface area contributed by atoms with Crippen LogP contribution in [0.5, 0.6) is 0 Å². The number of aromatic nitrogens is 2. The minimum Gasteiger partial charge on any atom is -0.381 e. The number of carbonyl (C=O) groups is 1. The van der Waals surface area contributed by atoms with E-state index < -0.39 is 11.9 Å². The van der Waals surface area contributed by atoms with Crippen molar-refractivity contribution in [2.24, 2.45) is 0 Å². The molecule has 0 fully saturated rings. The zero-order valence-corrected chi connectivity index (χ0v) is 16.7. The largest absolute Gasteiger partial charge is 0.381 e. The highest BCUT2D eigenvalue weighted by atomic mass is 32.1. The van der Waals surface area contributed by atoms with Crippen LogP contribution in [-0.4, -0.2) is 28.5 Å². The van der Waals surface area contributed by atoms with Gasteiger partial charge in [-0.05, 0) is 30.7 Å². The van der Waals surface area contributed by atoms with Gasteiger partial charge < -0.3 is 16.0 Å². The molecule has 1 aliphatic rings. The molecule has 3 N–H and O–H groups in total. The van der Waals surface area contributed by atoms with Crippen molar-refractivity contribution in [2.75, 3.05) is 17.2 Å². The Labute approximate surface area is 174 Å². The fraction of sp³-hybridized carbons (Fsp3) is 0.190. The molecule has 1 aromatic carbocycles. The van der Waals surface area contributed by atoms with E-state index in [1.54, 1.807) is 6.07 Å². The maximum absolute atomic E-state index is 13.4. The lowest BCUT2D eigenvalue weighted by molar-refractivity contribution is 0.0945. The molecule has 0 radical (unpaired) electrons. The highest BCUT2D eigenvalue weighted by Gasteiger charge is 2.25. The van der Waals surface area contributed by atoms with Crippen LogP contribution in [0.3, 0.4) is 0 Å². The van der Waals surface area contributed by atoms with Crippen LogP contribution in [0.15, 0.2) is 36.4 Å². The number of halogens is 2. The van der Waals surface area contributed by atoms with Gasteiger partial charge in [0.15, 0.2) is 0 Å². The first-order chi connectivity index (χ1) is 14.5. The lowest BCUT2D eigenvalue weighted by atomic mass is 10.1. The second-order valence-corrected chi connectivity index (χ2v) is 8.15. The second kappa shape index (κ2) is 7.17. The van der Waals surface area contributed by atoms with Crippen molar-refractivity contribution in [3.05, 3.63) is 53.2 Å². The van der Waals surface area contributed by atoms with Gasteiger partial charge in [-0.1, -0.05) is 6.92 Å². The molecule has 1 amide bonds. The minimum absolute atomic E-state index is 0.0656. The van der Waals surface area contributed by atoms with Crippen LogP contribution in [0.25, 0.3) is 21.0 Å². The summed E-state index contributed by atoms with van der Waals surface area (Å²) < 4.78 is 27.7. The van der Waals surface area contributed by atoms with Crippen molar-refractivity contribution in [1.29, 1.82) is 0 Å². The number of nitrogens with zero attached hydrogens (tertiary/aromatic N) is 2. The van der Waals surface area contributed by atoms with Gasteiger partial charge in [-0.3, -0.25) is 4.79 Å². The quantitative estimate of drug-likeness (QED) is 0.411. The number of pyridine rings is 2. The summed E-state index contributed by atoms with van der Waals surface area (Å²) in [6.45, 7) is 2.70. The lowest BCUT2D eigenvalue weighted by Gasteiger charge is -2.13. The van der Waals surface area contributed by atoms with E-state index in [4.69, 9.17) is 0 Å². The van der Waals surface area contributed by atoms with Crippen LogP contribution in [0, 0.1) is 11.9 Å². The maximum Gasteiger partial charge on any atom is 0.263 e. The zero-order chi connectivity index (χ0) is 20.8. The third kappa shape index (κ3) is 3.21. The summed E-state index contributed by atoms with van der Waals surface area (Å²) >= 11 is 1.45. The molecule has 3 aromatic heterocycles. The zero-order valence-electron chi connectivity index (χ0n) is 15.9. The summed E-state index contributed by atoms with van der Waals surface area (Å²) in [7, 11) is 0. The summed E-state index contributed by atoms with van der Waals surface area (Å²) in [5.41, 5.74) is 1.76. The number of rotatable bonds is 3. The van der Waals surface area contributed by atoms with Crippen LogP contribution in [0.4, 0.5) is 26.0 Å². The topological polar surface area (TPSA) is 78.9 Å². The van der Waals surface area contributed by atoms with Gasteiger partial charge in [-0.25, -0.2) is 4.98 Å². The number of benzene rings is 1. The van der Waals surface area contributed by atoms with E-state index in [-0.39, 0.29) is 17.6 Å². The molecule has 0 saturated heterocycles. The number of amides is 1. The Morgan fingerprint density at radius 1 is 1.17 bits per heavy atom. The number of hydrogen-bond acceptors (Lipinski definition) is 6. The van der Waals surface area contributed by atoms with Crippen molar-refractivity contribution < 1.29 is 13.6 Å². The van der Waals surface area contributed by atoms with E-state index in [9.17, 15) is 13.6 Å². The molecule has 4 aromatic rings. The highest BCUT2D eigenvalue weighted by molar-refractivity contribution is 7.21. The Morgan fingerprint density at radius 3 is 2.73 bits per heavy atom. The summed E-state index contributed by atoms with van der Waals surface area (Å²) in [4.78, 5) is 21.0. The molecule has 152 valence electrons. The van der Waals surface area contributed by atoms with Crippen LogP contribution < -0.4 is 16.0 Å². The van der Waals surface area contributed by atoms with Gasteiger partial charge in [0.2, 0.25) is 11.9 Å². The van der Waals surface area contributed by atoms with E-state index in [2.05, 4.69) is 25.9 Å². The molecule has 4 heterocycles. The van der Waals surface area contributed by atoms with E-state index >= 15 is 0 Å². The van der Waals surface area contributed by atoms with E-state index in [0.717, 1.165) is 39.7 Å². The van der Waals surface area contributed by atoms with Gasteiger partial charge in [-0.15, -0.1) is 11.3 Å². The molecule has 0 aliphatic carbocycles. The SMILES string of the molecule is CC[C@@H]1CNc2c(sc3ccc4nc(Nc5cc(F)nc(F)c5)ccc4c23)C(=O)N1. The molecule has 0 bridgehead atoms. The molecule has 1 aliphatic heterocycles. The van der Waals surface area contributed by atoms with Gasteiger partial charge in [0, 0.05) is 45.9 Å². The molecular formula is C21H17F2N5OS. The second-order valence-electron chi connectivity index (χ2n) is 7.09. The Morgan fingerprint density at radius 2 is 1.97 bits per heavy atom. The molecule has 5 rings (SSSR count). The number of thiophene rings is 1. The summed E-state index contributed by atoms with van der Waals surface area (Å²) in [6, 6.07) is 9.73.